The number of benzene rings is 2. The first kappa shape index (κ1) is 18.4. The molecule has 146 valence electrons. The highest BCUT2D eigenvalue weighted by Crippen LogP contribution is 2.27. The number of H-pyrrole nitrogens is 1. The summed E-state index contributed by atoms with van der Waals surface area (Å²) in [6, 6.07) is 9.30. The molecule has 2 aromatic carbocycles. The van der Waals surface area contributed by atoms with E-state index in [1.54, 1.807) is 0 Å². The van der Waals surface area contributed by atoms with Crippen molar-refractivity contribution < 1.29 is 18.7 Å². The van der Waals surface area contributed by atoms with E-state index < -0.39 is 34.4 Å². The number of fused-ring (bicyclic) bond motifs is 1. The standard InChI is InChI=1S/C20H14F2N4O3/c1-10-8-12(4-7-15(10)22)24-19(28)16-17(27)14-9-23-26(18(14)25-20(16)29)13-5-2-11(21)3-6-13/h2-9H,1H3,(H,24,28)(H2,25,27,29). The smallest absolute Gasteiger partial charge is 0.266 e. The molecule has 0 saturated heterocycles. The number of anilines is 1. The topological polar surface area (TPSA) is 100 Å². The van der Waals surface area contributed by atoms with Crippen molar-refractivity contribution in [1.29, 1.82) is 0 Å². The summed E-state index contributed by atoms with van der Waals surface area (Å²) in [5, 5.41) is 17.2. The van der Waals surface area contributed by atoms with Crippen LogP contribution in [0.15, 0.2) is 53.5 Å². The molecule has 0 radical (unpaired) electrons. The Kier molecular flexibility index (Phi) is 4.34. The van der Waals surface area contributed by atoms with Crippen LogP contribution < -0.4 is 10.9 Å². The lowest BCUT2D eigenvalue weighted by molar-refractivity contribution is 0.102. The van der Waals surface area contributed by atoms with Crippen molar-refractivity contribution >= 4 is 22.6 Å². The Morgan fingerprint density at radius 1 is 1.17 bits per heavy atom. The number of aromatic hydroxyl groups is 1. The minimum atomic E-state index is -0.855. The van der Waals surface area contributed by atoms with Crippen molar-refractivity contribution in [3.8, 4) is 11.4 Å². The van der Waals surface area contributed by atoms with Crippen LogP contribution in [0.25, 0.3) is 16.7 Å². The Hall–Kier alpha value is -4.01. The highest BCUT2D eigenvalue weighted by atomic mass is 19.1. The van der Waals surface area contributed by atoms with E-state index in [9.17, 15) is 23.5 Å². The molecule has 0 atom stereocenters. The highest BCUT2D eigenvalue weighted by Gasteiger charge is 2.22. The number of nitrogens with zero attached hydrogens (tertiary/aromatic N) is 2. The van der Waals surface area contributed by atoms with Gasteiger partial charge in [0.05, 0.1) is 17.3 Å². The largest absolute Gasteiger partial charge is 0.506 e. The van der Waals surface area contributed by atoms with Crippen LogP contribution in [0, 0.1) is 18.6 Å². The first-order valence-corrected chi connectivity index (χ1v) is 8.51. The number of pyridine rings is 1. The van der Waals surface area contributed by atoms with E-state index in [0.717, 1.165) is 0 Å². The molecule has 0 fully saturated rings. The molecule has 0 bridgehead atoms. The number of aromatic amines is 1. The molecule has 2 heterocycles. The summed E-state index contributed by atoms with van der Waals surface area (Å²) in [6.07, 6.45) is 1.28. The lowest BCUT2D eigenvalue weighted by atomic mass is 10.1. The number of halogens is 2. The molecule has 0 unspecified atom stereocenters. The fourth-order valence-electron chi connectivity index (χ4n) is 2.96. The summed E-state index contributed by atoms with van der Waals surface area (Å²) in [5.41, 5.74) is -0.149. The molecule has 29 heavy (non-hydrogen) atoms. The Morgan fingerprint density at radius 3 is 2.59 bits per heavy atom. The Labute approximate surface area is 162 Å². The zero-order valence-electron chi connectivity index (χ0n) is 15.0. The van der Waals surface area contributed by atoms with Gasteiger partial charge in [0, 0.05) is 5.69 Å². The number of carbonyl (C=O) groups is 1. The highest BCUT2D eigenvalue weighted by molar-refractivity contribution is 6.08. The Bertz CT molecular complexity index is 1310. The van der Waals surface area contributed by atoms with Crippen LogP contribution in [0.3, 0.4) is 0 Å². The zero-order valence-corrected chi connectivity index (χ0v) is 15.0. The number of aromatic nitrogens is 3. The fourth-order valence-corrected chi connectivity index (χ4v) is 2.96. The Morgan fingerprint density at radius 2 is 1.90 bits per heavy atom. The summed E-state index contributed by atoms with van der Waals surface area (Å²) in [6.45, 7) is 1.53. The molecule has 9 heteroatoms. The van der Waals surface area contributed by atoms with E-state index in [1.165, 1.54) is 60.3 Å². The van der Waals surface area contributed by atoms with Gasteiger partial charge < -0.3 is 15.4 Å². The van der Waals surface area contributed by atoms with Gasteiger partial charge in [-0.3, -0.25) is 9.59 Å². The molecule has 4 aromatic rings. The minimum Gasteiger partial charge on any atom is -0.506 e. The monoisotopic (exact) mass is 396 g/mol. The van der Waals surface area contributed by atoms with Crippen LogP contribution in [0.1, 0.15) is 15.9 Å². The lowest BCUT2D eigenvalue weighted by Crippen LogP contribution is -2.23. The van der Waals surface area contributed by atoms with E-state index in [2.05, 4.69) is 15.4 Å². The van der Waals surface area contributed by atoms with Crippen molar-refractivity contribution in [3.05, 3.63) is 81.8 Å². The molecule has 7 nitrogen and oxygen atoms in total. The van der Waals surface area contributed by atoms with Crippen LogP contribution in [-0.2, 0) is 0 Å². The molecule has 3 N–H and O–H groups in total. The van der Waals surface area contributed by atoms with Crippen LogP contribution in [0.5, 0.6) is 5.75 Å². The third-order valence-corrected chi connectivity index (χ3v) is 4.43. The van der Waals surface area contributed by atoms with Gasteiger partial charge >= 0.3 is 0 Å². The van der Waals surface area contributed by atoms with E-state index in [4.69, 9.17) is 0 Å². The van der Waals surface area contributed by atoms with E-state index in [-0.39, 0.29) is 16.7 Å². The summed E-state index contributed by atoms with van der Waals surface area (Å²) < 4.78 is 27.8. The third-order valence-electron chi connectivity index (χ3n) is 4.43. The second-order valence-corrected chi connectivity index (χ2v) is 6.39. The zero-order chi connectivity index (χ0) is 20.7. The van der Waals surface area contributed by atoms with Gasteiger partial charge in [0.25, 0.3) is 11.5 Å². The van der Waals surface area contributed by atoms with Crippen molar-refractivity contribution in [3.63, 3.8) is 0 Å². The lowest BCUT2D eigenvalue weighted by Gasteiger charge is -2.09. The van der Waals surface area contributed by atoms with Gasteiger partial charge in [0.1, 0.15) is 28.6 Å². The number of amides is 1. The predicted octanol–water partition coefficient (Wildman–Crippen LogP) is 3.26. The van der Waals surface area contributed by atoms with Crippen molar-refractivity contribution in [2.75, 3.05) is 5.32 Å². The van der Waals surface area contributed by atoms with Gasteiger partial charge in [0.2, 0.25) is 0 Å². The van der Waals surface area contributed by atoms with Crippen LogP contribution in [-0.4, -0.2) is 25.8 Å². The van der Waals surface area contributed by atoms with Crippen LogP contribution in [0.2, 0.25) is 0 Å². The van der Waals surface area contributed by atoms with E-state index in [0.29, 0.717) is 11.3 Å². The average Bonchev–Trinajstić information content (AvgIpc) is 3.09. The maximum Gasteiger partial charge on any atom is 0.266 e. The third kappa shape index (κ3) is 3.22. The van der Waals surface area contributed by atoms with Crippen molar-refractivity contribution in [2.24, 2.45) is 0 Å². The summed E-state index contributed by atoms with van der Waals surface area (Å²) >= 11 is 0. The first-order chi connectivity index (χ1) is 13.8. The van der Waals surface area contributed by atoms with E-state index in [1.807, 2.05) is 0 Å². The van der Waals surface area contributed by atoms with Gasteiger partial charge in [-0.25, -0.2) is 13.5 Å². The van der Waals surface area contributed by atoms with E-state index >= 15 is 0 Å². The molecule has 0 aliphatic heterocycles. The molecule has 0 aliphatic rings. The van der Waals surface area contributed by atoms with Crippen molar-refractivity contribution in [1.82, 2.24) is 14.8 Å². The maximum atomic E-state index is 13.4. The summed E-state index contributed by atoms with van der Waals surface area (Å²) in [5.74, 6) is -2.27. The molecule has 0 spiro atoms. The quantitative estimate of drug-likeness (QED) is 0.495. The first-order valence-electron chi connectivity index (χ1n) is 8.51. The molecular formula is C20H14F2N4O3. The number of aryl methyl sites for hydroxylation is 1. The fraction of sp³-hybridized carbons (Fsp3) is 0.0500. The second-order valence-electron chi connectivity index (χ2n) is 6.39. The summed E-state index contributed by atoms with van der Waals surface area (Å²) in [4.78, 5) is 27.6. The van der Waals surface area contributed by atoms with Gasteiger partial charge in [0.15, 0.2) is 0 Å². The molecule has 1 amide bonds. The predicted molar refractivity (Wildman–Crippen MR) is 102 cm³/mol. The number of nitrogens with one attached hydrogen (secondary N) is 2. The van der Waals surface area contributed by atoms with Gasteiger partial charge in [-0.1, -0.05) is 0 Å². The second kappa shape index (κ2) is 6.86. The molecule has 2 aromatic heterocycles. The van der Waals surface area contributed by atoms with Gasteiger partial charge in [-0.15, -0.1) is 0 Å². The maximum absolute atomic E-state index is 13.4. The number of hydrogen-bond donors (Lipinski definition) is 3. The minimum absolute atomic E-state index is 0.134. The van der Waals surface area contributed by atoms with Gasteiger partial charge in [-0.05, 0) is 55.0 Å². The average molecular weight is 396 g/mol. The SMILES string of the molecule is Cc1cc(NC(=O)c2c(O)c3cnn(-c4ccc(F)cc4)c3[nH]c2=O)ccc1F. The number of carbonyl (C=O) groups excluding carboxylic acids is 1. The Balaban J connectivity index is 1.76. The molecule has 0 saturated carbocycles. The normalized spacial score (nSPS) is 11.0. The number of hydrogen-bond acceptors (Lipinski definition) is 4. The molecule has 4 rings (SSSR count). The van der Waals surface area contributed by atoms with Crippen LogP contribution in [0.4, 0.5) is 14.5 Å². The molecule has 0 aliphatic carbocycles. The van der Waals surface area contributed by atoms with Crippen LogP contribution >= 0.6 is 0 Å². The number of rotatable bonds is 3. The molecular weight excluding hydrogens is 382 g/mol. The van der Waals surface area contributed by atoms with Gasteiger partial charge in [-0.2, -0.15) is 5.10 Å². The van der Waals surface area contributed by atoms with Crippen molar-refractivity contribution in [2.45, 2.75) is 6.92 Å². The summed E-state index contributed by atoms with van der Waals surface area (Å²) in [7, 11) is 0.